The zero-order valence-electron chi connectivity index (χ0n) is 20.7. The van der Waals surface area contributed by atoms with Crippen LogP contribution in [0.15, 0.2) is 11.2 Å². The molecule has 2 aliphatic rings. The second-order valence-corrected chi connectivity index (χ2v) is 17.6. The van der Waals surface area contributed by atoms with Crippen LogP contribution in [0, 0.1) is 0 Å². The molecule has 0 radical (unpaired) electrons. The van der Waals surface area contributed by atoms with E-state index in [1.807, 2.05) is 0 Å². The number of sulfonamides is 1. The number of aromatic nitrogens is 3. The summed E-state index contributed by atoms with van der Waals surface area (Å²) in [4.78, 5) is 4.41. The van der Waals surface area contributed by atoms with Gasteiger partial charge in [-0.2, -0.15) is 4.98 Å². The molecule has 1 heterocycles. The normalized spacial score (nSPS) is 15.5. The molecule has 0 aliphatic heterocycles. The number of nitrogens with one attached hydrogen (secondary N) is 2. The number of rotatable bonds is 12. The van der Waals surface area contributed by atoms with Crippen LogP contribution in [0.4, 0.5) is 11.6 Å². The molecule has 0 saturated carbocycles. The van der Waals surface area contributed by atoms with Gasteiger partial charge in [-0.1, -0.05) is 25.7 Å². The molecule has 0 saturated heterocycles. The van der Waals surface area contributed by atoms with Gasteiger partial charge in [-0.05, 0) is 66.8 Å². The summed E-state index contributed by atoms with van der Waals surface area (Å²) in [5.74, 6) is 0.398. The second kappa shape index (κ2) is 10.4. The lowest BCUT2D eigenvalue weighted by Gasteiger charge is -2.18. The van der Waals surface area contributed by atoms with Crippen LogP contribution in [0.3, 0.4) is 0 Å². The van der Waals surface area contributed by atoms with E-state index in [1.165, 1.54) is 34.0 Å². The van der Waals surface area contributed by atoms with Crippen molar-refractivity contribution in [3.8, 4) is 0 Å². The van der Waals surface area contributed by atoms with Crippen molar-refractivity contribution in [2.24, 2.45) is 0 Å². The highest BCUT2D eigenvalue weighted by atomic mass is 32.2. The van der Waals surface area contributed by atoms with Gasteiger partial charge in [0.05, 0.1) is 6.61 Å². The van der Waals surface area contributed by atoms with Gasteiger partial charge in [-0.25, -0.2) is 17.8 Å². The molecule has 0 atom stereocenters. The van der Waals surface area contributed by atoms with Gasteiger partial charge < -0.3 is 14.8 Å². The van der Waals surface area contributed by atoms with Crippen molar-refractivity contribution in [1.29, 1.82) is 0 Å². The Labute approximate surface area is 203 Å². The van der Waals surface area contributed by atoms with E-state index >= 15 is 0 Å². The number of fused-ring (bicyclic) bond motifs is 2. The van der Waals surface area contributed by atoms with Gasteiger partial charge in [0.25, 0.3) is 15.2 Å². The highest BCUT2D eigenvalue weighted by Crippen LogP contribution is 2.39. The van der Waals surface area contributed by atoms with Crippen LogP contribution in [-0.4, -0.2) is 58.1 Å². The molecule has 2 aromatic rings. The van der Waals surface area contributed by atoms with Gasteiger partial charge in [0.1, 0.15) is 6.73 Å². The van der Waals surface area contributed by atoms with Crippen LogP contribution < -0.4 is 10.0 Å². The van der Waals surface area contributed by atoms with Crippen molar-refractivity contribution in [3.63, 3.8) is 0 Å². The third kappa shape index (κ3) is 5.88. The molecule has 4 rings (SSSR count). The first kappa shape index (κ1) is 25.3. The zero-order chi connectivity index (χ0) is 24.3. The molecule has 0 amide bonds. The van der Waals surface area contributed by atoms with Gasteiger partial charge in [-0.3, -0.25) is 0 Å². The molecule has 34 heavy (non-hydrogen) atoms. The molecule has 11 heteroatoms. The van der Waals surface area contributed by atoms with Crippen molar-refractivity contribution >= 4 is 29.7 Å². The summed E-state index contributed by atoms with van der Waals surface area (Å²) < 4.78 is 40.5. The van der Waals surface area contributed by atoms with Gasteiger partial charge >= 0.3 is 0 Å². The molecular formula is C23H37N5O4SSi. The topological polar surface area (TPSA) is 107 Å². The van der Waals surface area contributed by atoms with Gasteiger partial charge in [0.2, 0.25) is 5.95 Å². The Bertz CT molecular complexity index is 1100. The maximum Gasteiger partial charge on any atom is 0.284 e. The predicted molar refractivity (Wildman–Crippen MR) is 135 cm³/mol. The van der Waals surface area contributed by atoms with Crippen LogP contribution >= 0.6 is 0 Å². The SMILES string of the molecule is COCCNS(=O)(=O)c1nc(Nc2c3c(cc4c2CCC4)CCC3)n(COCC[Si](C)(C)C)n1. The first-order valence-corrected chi connectivity index (χ1v) is 17.3. The van der Waals surface area contributed by atoms with Crippen LogP contribution in [0.2, 0.25) is 25.7 Å². The lowest BCUT2D eigenvalue weighted by Crippen LogP contribution is -2.28. The van der Waals surface area contributed by atoms with Crippen molar-refractivity contribution in [1.82, 2.24) is 19.5 Å². The van der Waals surface area contributed by atoms with Gasteiger partial charge in [-0.15, -0.1) is 5.10 Å². The van der Waals surface area contributed by atoms with E-state index in [9.17, 15) is 8.42 Å². The van der Waals surface area contributed by atoms with Crippen LogP contribution in [-0.2, 0) is 51.9 Å². The van der Waals surface area contributed by atoms with E-state index in [0.717, 1.165) is 50.3 Å². The van der Waals surface area contributed by atoms with E-state index in [0.29, 0.717) is 12.6 Å². The Hall–Kier alpha value is -1.79. The zero-order valence-corrected chi connectivity index (χ0v) is 22.6. The van der Waals surface area contributed by atoms with E-state index in [2.05, 4.69) is 45.8 Å². The molecule has 2 aliphatic carbocycles. The standard InChI is InChI=1S/C23H37N5O4SSi/c1-31-12-11-24-33(29,30)23-26-22(28(27-23)16-32-13-14-34(2,3)4)25-21-19-9-5-7-17(19)15-18-8-6-10-20(18)21/h15,24H,5-14,16H2,1-4H3,(H,25,26,27). The third-order valence-electron chi connectivity index (χ3n) is 6.41. The molecule has 188 valence electrons. The molecule has 0 fully saturated rings. The maximum absolute atomic E-state index is 12.8. The van der Waals surface area contributed by atoms with Crippen LogP contribution in [0.1, 0.15) is 35.1 Å². The number of hydrogen-bond acceptors (Lipinski definition) is 7. The smallest absolute Gasteiger partial charge is 0.284 e. The highest BCUT2D eigenvalue weighted by Gasteiger charge is 2.27. The van der Waals surface area contributed by atoms with E-state index in [-0.39, 0.29) is 25.0 Å². The summed E-state index contributed by atoms with van der Waals surface area (Å²) in [6, 6.07) is 3.39. The minimum atomic E-state index is -3.87. The van der Waals surface area contributed by atoms with Gasteiger partial charge in [0.15, 0.2) is 0 Å². The van der Waals surface area contributed by atoms with E-state index < -0.39 is 18.1 Å². The molecule has 1 aromatic heterocycles. The fourth-order valence-corrected chi connectivity index (χ4v) is 6.22. The predicted octanol–water partition coefficient (Wildman–Crippen LogP) is 3.24. The molecule has 0 unspecified atom stereocenters. The molecular weight excluding hydrogens is 470 g/mol. The monoisotopic (exact) mass is 507 g/mol. The summed E-state index contributed by atoms with van der Waals surface area (Å²) >= 11 is 0. The number of ether oxygens (including phenoxy) is 2. The molecule has 0 bridgehead atoms. The van der Waals surface area contributed by atoms with E-state index in [1.54, 1.807) is 0 Å². The van der Waals surface area contributed by atoms with E-state index in [4.69, 9.17) is 9.47 Å². The van der Waals surface area contributed by atoms with Gasteiger partial charge in [0, 0.05) is 34.0 Å². The Kier molecular flexibility index (Phi) is 7.78. The summed E-state index contributed by atoms with van der Waals surface area (Å²) in [5.41, 5.74) is 6.55. The van der Waals surface area contributed by atoms with Crippen molar-refractivity contribution in [2.45, 2.75) is 76.1 Å². The number of nitrogens with zero attached hydrogens (tertiary/aromatic N) is 3. The first-order chi connectivity index (χ1) is 16.2. The summed E-state index contributed by atoms with van der Waals surface area (Å²) in [6.45, 7) is 8.07. The highest BCUT2D eigenvalue weighted by molar-refractivity contribution is 7.89. The average molecular weight is 508 g/mol. The fourth-order valence-electron chi connectivity index (χ4n) is 4.57. The lowest BCUT2D eigenvalue weighted by molar-refractivity contribution is 0.0792. The number of anilines is 2. The molecule has 0 spiro atoms. The lowest BCUT2D eigenvalue weighted by atomic mass is 9.99. The molecule has 9 nitrogen and oxygen atoms in total. The molecule has 1 aromatic carbocycles. The largest absolute Gasteiger partial charge is 0.383 e. The Balaban J connectivity index is 1.62. The Morgan fingerprint density at radius 3 is 2.35 bits per heavy atom. The quantitative estimate of drug-likeness (QED) is 0.335. The average Bonchev–Trinajstić information content (AvgIpc) is 3.50. The number of methoxy groups -OCH3 is 1. The fraction of sp³-hybridized carbons (Fsp3) is 0.652. The number of benzene rings is 1. The third-order valence-corrected chi connectivity index (χ3v) is 9.35. The van der Waals surface area contributed by atoms with Crippen LogP contribution in [0.25, 0.3) is 0 Å². The minimum Gasteiger partial charge on any atom is -0.383 e. The Morgan fingerprint density at radius 1 is 1.06 bits per heavy atom. The number of aryl methyl sites for hydroxylation is 2. The maximum atomic E-state index is 12.8. The Morgan fingerprint density at radius 2 is 1.74 bits per heavy atom. The van der Waals surface area contributed by atoms with Crippen molar-refractivity contribution in [2.75, 3.05) is 32.2 Å². The van der Waals surface area contributed by atoms with Crippen LogP contribution in [0.5, 0.6) is 0 Å². The second-order valence-electron chi connectivity index (χ2n) is 10.3. The first-order valence-electron chi connectivity index (χ1n) is 12.1. The summed E-state index contributed by atoms with van der Waals surface area (Å²) in [7, 11) is -3.58. The summed E-state index contributed by atoms with van der Waals surface area (Å²) in [5, 5.41) is 7.55. The number of hydrogen-bond donors (Lipinski definition) is 2. The van der Waals surface area contributed by atoms with Crippen molar-refractivity contribution in [3.05, 3.63) is 28.3 Å². The minimum absolute atomic E-state index is 0.143. The summed E-state index contributed by atoms with van der Waals surface area (Å²) in [6.07, 6.45) is 6.51. The van der Waals surface area contributed by atoms with Crippen molar-refractivity contribution < 1.29 is 17.9 Å². The molecule has 2 N–H and O–H groups in total.